The van der Waals surface area contributed by atoms with Gasteiger partial charge in [0.15, 0.2) is 0 Å². The zero-order valence-electron chi connectivity index (χ0n) is 16.3. The summed E-state index contributed by atoms with van der Waals surface area (Å²) in [6.07, 6.45) is 5.50. The van der Waals surface area contributed by atoms with Crippen LogP contribution >= 0.6 is 0 Å². The monoisotopic (exact) mass is 368 g/mol. The molecule has 1 fully saturated rings. The minimum Gasteiger partial charge on any atom is -0.338 e. The minimum absolute atomic E-state index is 0.0217. The van der Waals surface area contributed by atoms with Crippen molar-refractivity contribution in [3.63, 3.8) is 0 Å². The zero-order valence-corrected chi connectivity index (χ0v) is 16.3. The lowest BCUT2D eigenvalue weighted by atomic mass is 10.0. The summed E-state index contributed by atoms with van der Waals surface area (Å²) in [5.74, 6) is 0.151. The molecule has 1 aliphatic heterocycles. The average molecular weight is 368 g/mol. The highest BCUT2D eigenvalue weighted by Crippen LogP contribution is 2.25. The summed E-state index contributed by atoms with van der Waals surface area (Å²) in [7, 11) is 0. The van der Waals surface area contributed by atoms with Crippen LogP contribution in [0.4, 0.5) is 5.69 Å². The molecule has 3 rings (SSSR count). The molecule has 0 N–H and O–H groups in total. The van der Waals surface area contributed by atoms with Gasteiger partial charge < -0.3 is 9.80 Å². The highest BCUT2D eigenvalue weighted by Gasteiger charge is 2.30. The lowest BCUT2D eigenvalue weighted by molar-refractivity contribution is -0.119. The van der Waals surface area contributed by atoms with Crippen LogP contribution in [0.2, 0.25) is 0 Å². The predicted molar refractivity (Wildman–Crippen MR) is 106 cm³/mol. The number of para-hydroxylation sites is 1. The number of hydrogen-bond donors (Lipinski definition) is 0. The Labute approximate surface area is 160 Å². The van der Waals surface area contributed by atoms with E-state index in [2.05, 4.69) is 5.10 Å². The lowest BCUT2D eigenvalue weighted by Gasteiger charge is -2.38. The van der Waals surface area contributed by atoms with Crippen molar-refractivity contribution in [2.45, 2.75) is 52.1 Å². The highest BCUT2D eigenvalue weighted by molar-refractivity contribution is 5.95. The molecule has 1 aromatic carbocycles. The number of benzene rings is 1. The molecule has 0 bridgehead atoms. The fourth-order valence-electron chi connectivity index (χ4n) is 3.56. The van der Waals surface area contributed by atoms with E-state index in [1.807, 2.05) is 67.1 Å². The van der Waals surface area contributed by atoms with Gasteiger partial charge in [-0.1, -0.05) is 25.1 Å². The van der Waals surface area contributed by atoms with Gasteiger partial charge in [-0.2, -0.15) is 5.10 Å². The van der Waals surface area contributed by atoms with Gasteiger partial charge in [-0.3, -0.25) is 14.3 Å². The molecule has 6 heteroatoms. The molecular formula is C21H28N4O2. The second-order valence-corrected chi connectivity index (χ2v) is 7.28. The van der Waals surface area contributed by atoms with E-state index in [1.165, 1.54) is 0 Å². The maximum Gasteiger partial charge on any atom is 0.257 e. The molecule has 2 heterocycles. The Morgan fingerprint density at radius 1 is 1.19 bits per heavy atom. The summed E-state index contributed by atoms with van der Waals surface area (Å²) in [6.45, 7) is 7.27. The van der Waals surface area contributed by atoms with E-state index in [1.54, 1.807) is 10.9 Å². The molecule has 27 heavy (non-hydrogen) atoms. The molecule has 0 unspecified atom stereocenters. The fourth-order valence-corrected chi connectivity index (χ4v) is 3.56. The van der Waals surface area contributed by atoms with Gasteiger partial charge in [-0.15, -0.1) is 0 Å². The van der Waals surface area contributed by atoms with Crippen LogP contribution in [0.25, 0.3) is 0 Å². The second-order valence-electron chi connectivity index (χ2n) is 7.28. The molecule has 1 aromatic heterocycles. The SMILES string of the molecule is CCC(=O)N(c1ccccc1)C1CCN(C(=O)c2cnn(C(C)C)c2)CC1. The van der Waals surface area contributed by atoms with E-state index in [4.69, 9.17) is 0 Å². The van der Waals surface area contributed by atoms with Gasteiger partial charge in [0.1, 0.15) is 0 Å². The smallest absolute Gasteiger partial charge is 0.257 e. The van der Waals surface area contributed by atoms with E-state index < -0.39 is 0 Å². The van der Waals surface area contributed by atoms with Crippen molar-refractivity contribution in [3.05, 3.63) is 48.3 Å². The number of likely N-dealkylation sites (tertiary alicyclic amines) is 1. The van der Waals surface area contributed by atoms with Gasteiger partial charge in [0, 0.05) is 43.5 Å². The summed E-state index contributed by atoms with van der Waals surface area (Å²) < 4.78 is 1.80. The number of amides is 2. The molecule has 0 spiro atoms. The fraction of sp³-hybridized carbons (Fsp3) is 0.476. The van der Waals surface area contributed by atoms with Gasteiger partial charge in [0.25, 0.3) is 5.91 Å². The van der Waals surface area contributed by atoms with Crippen molar-refractivity contribution in [2.75, 3.05) is 18.0 Å². The Morgan fingerprint density at radius 3 is 2.41 bits per heavy atom. The minimum atomic E-state index is 0.0217. The Hall–Kier alpha value is -2.63. The van der Waals surface area contributed by atoms with Crippen LogP contribution in [-0.4, -0.2) is 45.6 Å². The second kappa shape index (κ2) is 8.37. The third-order valence-corrected chi connectivity index (χ3v) is 5.10. The van der Waals surface area contributed by atoms with Crippen molar-refractivity contribution in [2.24, 2.45) is 0 Å². The quantitative estimate of drug-likeness (QED) is 0.811. The van der Waals surface area contributed by atoms with E-state index in [0.717, 1.165) is 18.5 Å². The van der Waals surface area contributed by atoms with Crippen molar-refractivity contribution in [1.29, 1.82) is 0 Å². The normalized spacial score (nSPS) is 15.2. The summed E-state index contributed by atoms with van der Waals surface area (Å²) in [5.41, 5.74) is 1.57. The van der Waals surface area contributed by atoms with Crippen LogP contribution in [0.1, 0.15) is 56.4 Å². The van der Waals surface area contributed by atoms with E-state index in [-0.39, 0.29) is 23.9 Å². The number of aromatic nitrogens is 2. The summed E-state index contributed by atoms with van der Waals surface area (Å²) in [5, 5.41) is 4.27. The van der Waals surface area contributed by atoms with E-state index in [9.17, 15) is 9.59 Å². The molecule has 144 valence electrons. The number of nitrogens with zero attached hydrogens (tertiary/aromatic N) is 4. The number of carbonyl (C=O) groups is 2. The topological polar surface area (TPSA) is 58.4 Å². The Kier molecular flexibility index (Phi) is 5.94. The third-order valence-electron chi connectivity index (χ3n) is 5.10. The third kappa shape index (κ3) is 4.21. The molecule has 0 radical (unpaired) electrons. The number of hydrogen-bond acceptors (Lipinski definition) is 3. The number of carbonyl (C=O) groups excluding carboxylic acids is 2. The highest BCUT2D eigenvalue weighted by atomic mass is 16.2. The number of rotatable bonds is 5. The van der Waals surface area contributed by atoms with Crippen LogP contribution < -0.4 is 4.90 Å². The molecule has 2 aromatic rings. The average Bonchev–Trinajstić information content (AvgIpc) is 3.19. The molecule has 2 amide bonds. The molecule has 0 aliphatic carbocycles. The number of anilines is 1. The first-order chi connectivity index (χ1) is 13.0. The van der Waals surface area contributed by atoms with Crippen molar-refractivity contribution >= 4 is 17.5 Å². The first-order valence-corrected chi connectivity index (χ1v) is 9.71. The molecule has 1 aliphatic rings. The Bertz CT molecular complexity index is 776. The Morgan fingerprint density at radius 2 is 1.85 bits per heavy atom. The van der Waals surface area contributed by atoms with Gasteiger partial charge >= 0.3 is 0 Å². The standard InChI is InChI=1S/C21H28N4O2/c1-4-20(26)25(18-8-6-5-7-9-18)19-10-12-23(13-11-19)21(27)17-14-22-24(15-17)16(2)3/h5-9,14-16,19H,4,10-13H2,1-3H3. The van der Waals surface area contributed by atoms with Gasteiger partial charge in [-0.05, 0) is 38.8 Å². The zero-order chi connectivity index (χ0) is 19.4. The predicted octanol–water partition coefficient (Wildman–Crippen LogP) is 3.51. The molecule has 0 saturated carbocycles. The molecule has 6 nitrogen and oxygen atoms in total. The first-order valence-electron chi connectivity index (χ1n) is 9.71. The first kappa shape index (κ1) is 19.1. The van der Waals surface area contributed by atoms with Gasteiger partial charge in [-0.25, -0.2) is 0 Å². The largest absolute Gasteiger partial charge is 0.338 e. The van der Waals surface area contributed by atoms with Crippen LogP contribution in [0, 0.1) is 0 Å². The van der Waals surface area contributed by atoms with Crippen LogP contribution in [0.3, 0.4) is 0 Å². The van der Waals surface area contributed by atoms with Crippen LogP contribution in [0.15, 0.2) is 42.7 Å². The number of piperidine rings is 1. The lowest BCUT2D eigenvalue weighted by Crippen LogP contribution is -2.49. The van der Waals surface area contributed by atoms with Crippen LogP contribution in [-0.2, 0) is 4.79 Å². The summed E-state index contributed by atoms with van der Waals surface area (Å²) >= 11 is 0. The van der Waals surface area contributed by atoms with Crippen molar-refractivity contribution in [3.8, 4) is 0 Å². The van der Waals surface area contributed by atoms with Gasteiger partial charge in [0.05, 0.1) is 11.8 Å². The summed E-state index contributed by atoms with van der Waals surface area (Å²) in [6, 6.07) is 10.2. The maximum absolute atomic E-state index is 12.8. The molecular weight excluding hydrogens is 340 g/mol. The van der Waals surface area contributed by atoms with Gasteiger partial charge in [0.2, 0.25) is 5.91 Å². The Balaban J connectivity index is 1.67. The summed E-state index contributed by atoms with van der Waals surface area (Å²) in [4.78, 5) is 29.1. The van der Waals surface area contributed by atoms with E-state index >= 15 is 0 Å². The van der Waals surface area contributed by atoms with Crippen molar-refractivity contribution < 1.29 is 9.59 Å². The van der Waals surface area contributed by atoms with E-state index in [0.29, 0.717) is 25.1 Å². The molecule has 1 saturated heterocycles. The maximum atomic E-state index is 12.8. The van der Waals surface area contributed by atoms with Crippen LogP contribution in [0.5, 0.6) is 0 Å². The molecule has 0 atom stereocenters. The van der Waals surface area contributed by atoms with Crippen molar-refractivity contribution in [1.82, 2.24) is 14.7 Å².